The van der Waals surface area contributed by atoms with Gasteiger partial charge in [-0.2, -0.15) is 0 Å². The lowest BCUT2D eigenvalue weighted by atomic mass is 10.1. The highest BCUT2D eigenvalue weighted by atomic mass is 32.2. The molecule has 3 rings (SSSR count). The van der Waals surface area contributed by atoms with Crippen LogP contribution in [0.1, 0.15) is 32.3 Å². The van der Waals surface area contributed by atoms with Gasteiger partial charge in [0, 0.05) is 16.0 Å². The zero-order valence-corrected chi connectivity index (χ0v) is 17.0. The Bertz CT molecular complexity index is 1010. The molecule has 2 N–H and O–H groups in total. The van der Waals surface area contributed by atoms with Crippen molar-refractivity contribution < 1.29 is 4.74 Å². The van der Waals surface area contributed by atoms with Crippen LogP contribution in [-0.4, -0.2) is 38.5 Å². The minimum Gasteiger partial charge on any atom is -0.496 e. The second-order valence-corrected chi connectivity index (χ2v) is 7.30. The molecule has 0 fully saturated rings. The third-order valence-corrected chi connectivity index (χ3v) is 5.35. The first-order chi connectivity index (χ1) is 13.7. The number of methoxy groups -OCH3 is 1. The molecular formula is C20H23N5O2S. The number of pyridine rings is 1. The van der Waals surface area contributed by atoms with Gasteiger partial charge < -0.3 is 9.72 Å². The van der Waals surface area contributed by atoms with Gasteiger partial charge in [0.2, 0.25) is 0 Å². The molecule has 8 heteroatoms. The molecule has 0 aliphatic carbocycles. The molecule has 3 aromatic rings. The molecule has 28 heavy (non-hydrogen) atoms. The summed E-state index contributed by atoms with van der Waals surface area (Å²) in [5.41, 5.74) is 2.85. The fourth-order valence-electron chi connectivity index (χ4n) is 2.81. The third-order valence-electron chi connectivity index (χ3n) is 4.23. The van der Waals surface area contributed by atoms with E-state index >= 15 is 0 Å². The van der Waals surface area contributed by atoms with Crippen molar-refractivity contribution in [3.05, 3.63) is 46.3 Å². The second kappa shape index (κ2) is 9.36. The van der Waals surface area contributed by atoms with Crippen molar-refractivity contribution in [1.29, 1.82) is 0 Å². The number of allylic oxidation sites excluding steroid dienone is 1. The van der Waals surface area contributed by atoms with Crippen molar-refractivity contribution in [2.45, 2.75) is 31.6 Å². The van der Waals surface area contributed by atoms with Gasteiger partial charge in [-0.3, -0.25) is 4.79 Å². The Labute approximate surface area is 167 Å². The summed E-state index contributed by atoms with van der Waals surface area (Å²) in [4.78, 5) is 16.7. The second-order valence-electron chi connectivity index (χ2n) is 6.16. The molecule has 0 radical (unpaired) electrons. The number of unbranched alkanes of at least 4 members (excludes halogenated alkanes) is 1. The van der Waals surface area contributed by atoms with E-state index < -0.39 is 0 Å². The highest BCUT2D eigenvalue weighted by Crippen LogP contribution is 2.34. The van der Waals surface area contributed by atoms with E-state index in [9.17, 15) is 4.79 Å². The van der Waals surface area contributed by atoms with Crippen LogP contribution in [0.4, 0.5) is 0 Å². The normalized spacial score (nSPS) is 11.2. The molecule has 0 atom stereocenters. The lowest BCUT2D eigenvalue weighted by Crippen LogP contribution is -2.12. The number of aromatic nitrogens is 5. The average Bonchev–Trinajstić information content (AvgIpc) is 3.24. The van der Waals surface area contributed by atoms with Crippen molar-refractivity contribution in [1.82, 2.24) is 25.6 Å². The van der Waals surface area contributed by atoms with E-state index in [0.717, 1.165) is 46.1 Å². The molecule has 146 valence electrons. The van der Waals surface area contributed by atoms with Crippen LogP contribution in [0.2, 0.25) is 0 Å². The van der Waals surface area contributed by atoms with Crippen LogP contribution in [0.15, 0.2) is 40.0 Å². The Balaban J connectivity index is 2.12. The first-order valence-electron chi connectivity index (χ1n) is 9.13. The fraction of sp³-hybridized carbons (Fsp3) is 0.300. The summed E-state index contributed by atoms with van der Waals surface area (Å²) in [6.45, 7) is 4.12. The first-order valence-corrected chi connectivity index (χ1v) is 10.1. The minimum atomic E-state index is -0.239. The summed E-state index contributed by atoms with van der Waals surface area (Å²) >= 11 is 1.71. The van der Waals surface area contributed by atoms with Crippen molar-refractivity contribution in [3.63, 3.8) is 0 Å². The molecule has 0 bridgehead atoms. The molecule has 7 nitrogen and oxygen atoms in total. The van der Waals surface area contributed by atoms with Crippen molar-refractivity contribution in [2.24, 2.45) is 0 Å². The van der Waals surface area contributed by atoms with Crippen molar-refractivity contribution >= 4 is 17.8 Å². The number of tetrazole rings is 1. The van der Waals surface area contributed by atoms with E-state index in [1.54, 1.807) is 18.9 Å². The quantitative estimate of drug-likeness (QED) is 0.438. The van der Waals surface area contributed by atoms with Gasteiger partial charge in [0.15, 0.2) is 5.82 Å². The molecule has 0 unspecified atom stereocenters. The topological polar surface area (TPSA) is 96.5 Å². The van der Waals surface area contributed by atoms with E-state index in [2.05, 4.69) is 32.5 Å². The van der Waals surface area contributed by atoms with E-state index in [0.29, 0.717) is 11.4 Å². The molecule has 0 aliphatic heterocycles. The number of thioether (sulfide) groups is 1. The zero-order valence-electron chi connectivity index (χ0n) is 16.2. The highest BCUT2D eigenvalue weighted by molar-refractivity contribution is 7.99. The number of H-pyrrole nitrogens is 2. The molecule has 0 spiro atoms. The van der Waals surface area contributed by atoms with Crippen LogP contribution < -0.4 is 10.3 Å². The number of benzene rings is 1. The van der Waals surface area contributed by atoms with Gasteiger partial charge in [-0.15, -0.1) is 16.9 Å². The maximum absolute atomic E-state index is 12.7. The number of nitrogens with zero attached hydrogens (tertiary/aromatic N) is 3. The molecule has 0 saturated carbocycles. The summed E-state index contributed by atoms with van der Waals surface area (Å²) in [5, 5.41) is 13.7. The van der Waals surface area contributed by atoms with Crippen LogP contribution in [0.3, 0.4) is 0 Å². The summed E-state index contributed by atoms with van der Waals surface area (Å²) in [7, 11) is 1.65. The summed E-state index contributed by atoms with van der Waals surface area (Å²) < 4.78 is 5.44. The summed E-state index contributed by atoms with van der Waals surface area (Å²) in [5.74, 6) is 2.10. The van der Waals surface area contributed by atoms with E-state index in [1.807, 2.05) is 43.3 Å². The van der Waals surface area contributed by atoms with Gasteiger partial charge in [0.1, 0.15) is 5.75 Å². The Morgan fingerprint density at radius 3 is 2.82 bits per heavy atom. The lowest BCUT2D eigenvalue weighted by molar-refractivity contribution is 0.414. The smallest absolute Gasteiger partial charge is 0.259 e. The SMILES string of the molecule is C/C=C/c1cc(-c2[nH]c(=O)c(-c3nnn[nH]3)cc2SCCCC)ccc1OC. The zero-order chi connectivity index (χ0) is 19.9. The fourth-order valence-corrected chi connectivity index (χ4v) is 3.98. The Kier molecular flexibility index (Phi) is 6.65. The van der Waals surface area contributed by atoms with Crippen LogP contribution >= 0.6 is 11.8 Å². The van der Waals surface area contributed by atoms with Gasteiger partial charge >= 0.3 is 0 Å². The number of hydrogen-bond acceptors (Lipinski definition) is 6. The van der Waals surface area contributed by atoms with Crippen LogP contribution in [-0.2, 0) is 0 Å². The number of aromatic amines is 2. The molecule has 2 aromatic heterocycles. The number of rotatable bonds is 8. The molecule has 1 aromatic carbocycles. The van der Waals surface area contributed by atoms with Crippen molar-refractivity contribution in [3.8, 4) is 28.4 Å². The predicted octanol–water partition coefficient (Wildman–Crippen LogP) is 4.16. The van der Waals surface area contributed by atoms with Gasteiger partial charge in [-0.05, 0) is 53.8 Å². The summed E-state index contributed by atoms with van der Waals surface area (Å²) in [6, 6.07) is 7.74. The maximum atomic E-state index is 12.7. The maximum Gasteiger partial charge on any atom is 0.259 e. The molecule has 2 heterocycles. The predicted molar refractivity (Wildman–Crippen MR) is 113 cm³/mol. The standard InChI is InChI=1S/C20H23N5O2S/c1-4-6-10-28-17-12-15(19-22-24-25-23-19)20(26)21-18(17)14-8-9-16(27-3)13(11-14)7-5-2/h5,7-9,11-12H,4,6,10H2,1-3H3,(H,21,26)(H,22,23,24,25)/b7-5+. The number of hydrogen-bond donors (Lipinski definition) is 2. The van der Waals surface area contributed by atoms with Crippen LogP contribution in [0, 0.1) is 0 Å². The Morgan fingerprint density at radius 1 is 1.29 bits per heavy atom. The van der Waals surface area contributed by atoms with Crippen LogP contribution in [0.25, 0.3) is 28.7 Å². The van der Waals surface area contributed by atoms with E-state index in [-0.39, 0.29) is 5.56 Å². The van der Waals surface area contributed by atoms with E-state index in [4.69, 9.17) is 4.74 Å². The lowest BCUT2D eigenvalue weighted by Gasteiger charge is -2.13. The average molecular weight is 398 g/mol. The Morgan fingerprint density at radius 2 is 2.14 bits per heavy atom. The number of ether oxygens (including phenoxy) is 1. The highest BCUT2D eigenvalue weighted by Gasteiger charge is 2.15. The Hall–Kier alpha value is -2.87. The molecular weight excluding hydrogens is 374 g/mol. The first kappa shape index (κ1) is 19.9. The minimum absolute atomic E-state index is 0.239. The third kappa shape index (κ3) is 4.33. The van der Waals surface area contributed by atoms with Gasteiger partial charge in [-0.25, -0.2) is 5.10 Å². The van der Waals surface area contributed by atoms with Crippen LogP contribution in [0.5, 0.6) is 5.75 Å². The van der Waals surface area contributed by atoms with Crippen molar-refractivity contribution in [2.75, 3.05) is 12.9 Å². The largest absolute Gasteiger partial charge is 0.496 e. The van der Waals surface area contributed by atoms with Gasteiger partial charge in [0.25, 0.3) is 5.56 Å². The number of nitrogens with one attached hydrogen (secondary N) is 2. The van der Waals surface area contributed by atoms with Gasteiger partial charge in [0.05, 0.1) is 18.4 Å². The van der Waals surface area contributed by atoms with E-state index in [1.165, 1.54) is 0 Å². The van der Waals surface area contributed by atoms with Gasteiger partial charge in [-0.1, -0.05) is 25.5 Å². The monoisotopic (exact) mass is 397 g/mol. The summed E-state index contributed by atoms with van der Waals surface area (Å²) in [6.07, 6.45) is 6.15. The molecule has 0 amide bonds. The molecule has 0 saturated heterocycles. The molecule has 0 aliphatic rings.